The molecular weight excluding hydrogens is 244 g/mol. The fourth-order valence-electron chi connectivity index (χ4n) is 1.81. The molecule has 2 aromatic rings. The summed E-state index contributed by atoms with van der Waals surface area (Å²) in [5.41, 5.74) is 6.98. The van der Waals surface area contributed by atoms with E-state index in [1.54, 1.807) is 14.2 Å². The minimum atomic E-state index is -0.167. The maximum atomic E-state index is 12.0. The number of ether oxygens (including phenoxy) is 1. The monoisotopic (exact) mass is 260 g/mol. The molecule has 0 spiro atoms. The third-order valence-corrected chi connectivity index (χ3v) is 2.77. The van der Waals surface area contributed by atoms with Gasteiger partial charge in [0.25, 0.3) is 0 Å². The molecule has 6 heteroatoms. The summed E-state index contributed by atoms with van der Waals surface area (Å²) >= 11 is 0. The molecule has 0 aliphatic rings. The highest BCUT2D eigenvalue weighted by Crippen LogP contribution is 2.20. The van der Waals surface area contributed by atoms with Crippen molar-refractivity contribution in [2.75, 3.05) is 18.2 Å². The number of para-hydroxylation sites is 1. The zero-order valence-electron chi connectivity index (χ0n) is 10.9. The van der Waals surface area contributed by atoms with Crippen molar-refractivity contribution in [3.8, 4) is 5.75 Å². The van der Waals surface area contributed by atoms with Crippen LogP contribution in [0.2, 0.25) is 0 Å². The van der Waals surface area contributed by atoms with Crippen LogP contribution in [0.3, 0.4) is 0 Å². The number of anilines is 2. The Bertz CT molecular complexity index is 573. The third-order valence-electron chi connectivity index (χ3n) is 2.77. The Balaban J connectivity index is 2.10. The van der Waals surface area contributed by atoms with Gasteiger partial charge in [-0.05, 0) is 6.07 Å². The number of nitrogens with two attached hydrogens (primary N) is 1. The van der Waals surface area contributed by atoms with Gasteiger partial charge < -0.3 is 15.8 Å². The average Bonchev–Trinajstić information content (AvgIpc) is 2.71. The van der Waals surface area contributed by atoms with Crippen molar-refractivity contribution >= 4 is 17.4 Å². The van der Waals surface area contributed by atoms with E-state index in [4.69, 9.17) is 10.5 Å². The van der Waals surface area contributed by atoms with Gasteiger partial charge in [-0.3, -0.25) is 9.48 Å². The van der Waals surface area contributed by atoms with Crippen LogP contribution in [-0.2, 0) is 18.3 Å². The average molecular weight is 260 g/mol. The molecule has 0 saturated carbocycles. The van der Waals surface area contributed by atoms with E-state index in [0.29, 0.717) is 17.3 Å². The Labute approximate surface area is 111 Å². The Morgan fingerprint density at radius 3 is 2.84 bits per heavy atom. The zero-order valence-corrected chi connectivity index (χ0v) is 10.9. The molecule has 6 nitrogen and oxygen atoms in total. The number of rotatable bonds is 4. The standard InChI is InChI=1S/C13H16N4O2/c1-17-13(10(14)8-15-17)16-12(18)7-9-5-3-4-6-11(9)19-2/h3-6,8H,7,14H2,1-2H3,(H,16,18). The normalized spacial score (nSPS) is 10.2. The zero-order chi connectivity index (χ0) is 13.8. The highest BCUT2D eigenvalue weighted by atomic mass is 16.5. The van der Waals surface area contributed by atoms with Crippen molar-refractivity contribution in [3.05, 3.63) is 36.0 Å². The first-order valence-electron chi connectivity index (χ1n) is 5.81. The Morgan fingerprint density at radius 2 is 2.21 bits per heavy atom. The molecule has 0 saturated heterocycles. The molecule has 0 fully saturated rings. The van der Waals surface area contributed by atoms with E-state index < -0.39 is 0 Å². The summed E-state index contributed by atoms with van der Waals surface area (Å²) in [5, 5.41) is 6.70. The van der Waals surface area contributed by atoms with Crippen LogP contribution < -0.4 is 15.8 Å². The summed E-state index contributed by atoms with van der Waals surface area (Å²) < 4.78 is 6.73. The number of hydrogen-bond acceptors (Lipinski definition) is 4. The number of amides is 1. The number of nitrogen functional groups attached to an aromatic ring is 1. The highest BCUT2D eigenvalue weighted by molar-refractivity contribution is 5.94. The lowest BCUT2D eigenvalue weighted by atomic mass is 10.1. The number of nitrogens with zero attached hydrogens (tertiary/aromatic N) is 2. The third kappa shape index (κ3) is 2.85. The van der Waals surface area contributed by atoms with Crippen LogP contribution in [0.4, 0.5) is 11.5 Å². The van der Waals surface area contributed by atoms with E-state index in [9.17, 15) is 4.79 Å². The van der Waals surface area contributed by atoms with Gasteiger partial charge in [-0.1, -0.05) is 18.2 Å². The number of nitrogens with one attached hydrogen (secondary N) is 1. The van der Waals surface area contributed by atoms with Gasteiger partial charge in [-0.2, -0.15) is 5.10 Å². The molecule has 0 bridgehead atoms. The summed E-state index contributed by atoms with van der Waals surface area (Å²) in [7, 11) is 3.30. The molecule has 1 heterocycles. The minimum Gasteiger partial charge on any atom is -0.496 e. The smallest absolute Gasteiger partial charge is 0.230 e. The molecule has 1 aromatic heterocycles. The van der Waals surface area contributed by atoms with Gasteiger partial charge in [0.15, 0.2) is 5.82 Å². The van der Waals surface area contributed by atoms with E-state index in [0.717, 1.165) is 5.56 Å². The summed E-state index contributed by atoms with van der Waals surface area (Å²) in [6.45, 7) is 0. The minimum absolute atomic E-state index is 0.167. The molecule has 3 N–H and O–H groups in total. The van der Waals surface area contributed by atoms with Gasteiger partial charge in [0, 0.05) is 12.6 Å². The number of carbonyl (C=O) groups excluding carboxylic acids is 1. The number of hydrogen-bond donors (Lipinski definition) is 2. The van der Waals surface area contributed by atoms with Crippen LogP contribution in [0.25, 0.3) is 0 Å². The van der Waals surface area contributed by atoms with Gasteiger partial charge in [-0.15, -0.1) is 0 Å². The SMILES string of the molecule is COc1ccccc1CC(=O)Nc1c(N)cnn1C. The Morgan fingerprint density at radius 1 is 1.47 bits per heavy atom. The topological polar surface area (TPSA) is 82.2 Å². The second-order valence-corrected chi connectivity index (χ2v) is 4.11. The number of methoxy groups -OCH3 is 1. The number of benzene rings is 1. The fraction of sp³-hybridized carbons (Fsp3) is 0.231. The van der Waals surface area contributed by atoms with Gasteiger partial charge in [-0.25, -0.2) is 0 Å². The molecular formula is C13H16N4O2. The maximum absolute atomic E-state index is 12.0. The second kappa shape index (κ2) is 5.43. The lowest BCUT2D eigenvalue weighted by molar-refractivity contribution is -0.115. The first kappa shape index (κ1) is 12.9. The van der Waals surface area contributed by atoms with E-state index >= 15 is 0 Å². The summed E-state index contributed by atoms with van der Waals surface area (Å²) in [5.74, 6) is 1.02. The van der Waals surface area contributed by atoms with E-state index in [2.05, 4.69) is 10.4 Å². The Hall–Kier alpha value is -2.50. The molecule has 0 radical (unpaired) electrons. The molecule has 1 amide bonds. The predicted molar refractivity (Wildman–Crippen MR) is 72.9 cm³/mol. The molecule has 100 valence electrons. The summed E-state index contributed by atoms with van der Waals surface area (Å²) in [6.07, 6.45) is 1.72. The van der Waals surface area contributed by atoms with Gasteiger partial charge >= 0.3 is 0 Å². The van der Waals surface area contributed by atoms with Crippen molar-refractivity contribution in [2.24, 2.45) is 7.05 Å². The van der Waals surface area contributed by atoms with Crippen molar-refractivity contribution in [3.63, 3.8) is 0 Å². The van der Waals surface area contributed by atoms with Crippen LogP contribution in [-0.4, -0.2) is 22.8 Å². The maximum Gasteiger partial charge on any atom is 0.230 e. The lowest BCUT2D eigenvalue weighted by Crippen LogP contribution is -2.17. The summed E-state index contributed by atoms with van der Waals surface area (Å²) in [4.78, 5) is 12.0. The first-order valence-corrected chi connectivity index (χ1v) is 5.81. The van der Waals surface area contributed by atoms with Crippen molar-refractivity contribution in [2.45, 2.75) is 6.42 Å². The van der Waals surface area contributed by atoms with Gasteiger partial charge in [0.1, 0.15) is 5.75 Å². The quantitative estimate of drug-likeness (QED) is 0.865. The molecule has 2 rings (SSSR count). The van der Waals surface area contributed by atoms with Gasteiger partial charge in [0.05, 0.1) is 25.4 Å². The molecule has 0 atom stereocenters. The molecule has 0 aliphatic carbocycles. The van der Waals surface area contributed by atoms with Crippen LogP contribution in [0.5, 0.6) is 5.75 Å². The lowest BCUT2D eigenvalue weighted by Gasteiger charge is -2.09. The Kier molecular flexibility index (Phi) is 3.70. The van der Waals surface area contributed by atoms with Crippen LogP contribution in [0.15, 0.2) is 30.5 Å². The van der Waals surface area contributed by atoms with E-state index in [-0.39, 0.29) is 12.3 Å². The second-order valence-electron chi connectivity index (χ2n) is 4.11. The molecule has 19 heavy (non-hydrogen) atoms. The van der Waals surface area contributed by atoms with Crippen LogP contribution in [0, 0.1) is 0 Å². The number of aryl methyl sites for hydroxylation is 1. The van der Waals surface area contributed by atoms with E-state index in [1.807, 2.05) is 24.3 Å². The van der Waals surface area contributed by atoms with E-state index in [1.165, 1.54) is 10.9 Å². The molecule has 0 aliphatic heterocycles. The fourth-order valence-corrected chi connectivity index (χ4v) is 1.81. The summed E-state index contributed by atoms with van der Waals surface area (Å²) in [6, 6.07) is 7.40. The van der Waals surface area contributed by atoms with Crippen molar-refractivity contribution in [1.29, 1.82) is 0 Å². The largest absolute Gasteiger partial charge is 0.496 e. The van der Waals surface area contributed by atoms with Crippen LogP contribution in [0.1, 0.15) is 5.56 Å². The first-order chi connectivity index (χ1) is 9.11. The van der Waals surface area contributed by atoms with Crippen molar-refractivity contribution < 1.29 is 9.53 Å². The highest BCUT2D eigenvalue weighted by Gasteiger charge is 2.12. The predicted octanol–water partition coefficient (Wildman–Crippen LogP) is 1.19. The van der Waals surface area contributed by atoms with Crippen molar-refractivity contribution in [1.82, 2.24) is 9.78 Å². The number of carbonyl (C=O) groups is 1. The molecule has 1 aromatic carbocycles. The number of aromatic nitrogens is 2. The molecule has 0 unspecified atom stereocenters. The van der Waals surface area contributed by atoms with Gasteiger partial charge in [0.2, 0.25) is 5.91 Å². The van der Waals surface area contributed by atoms with Crippen LogP contribution >= 0.6 is 0 Å².